The van der Waals surface area contributed by atoms with E-state index in [9.17, 15) is 4.79 Å². The number of esters is 1. The molecule has 2 atom stereocenters. The quantitative estimate of drug-likeness (QED) is 0.536. The Morgan fingerprint density at radius 1 is 1.20 bits per heavy atom. The molecule has 2 aromatic carbocycles. The van der Waals surface area contributed by atoms with Gasteiger partial charge in [-0.05, 0) is 49.1 Å². The first-order chi connectivity index (χ1) is 12.0. The van der Waals surface area contributed by atoms with Gasteiger partial charge in [0.2, 0.25) is 0 Å². The van der Waals surface area contributed by atoms with Crippen molar-refractivity contribution in [2.24, 2.45) is 0 Å². The molecule has 0 N–H and O–H groups in total. The van der Waals surface area contributed by atoms with Crippen LogP contribution in [0.5, 0.6) is 0 Å². The highest BCUT2D eigenvalue weighted by Gasteiger charge is 2.38. The number of carbonyl (C=O) groups is 1. The second-order valence-electron chi connectivity index (χ2n) is 6.23. The van der Waals surface area contributed by atoms with E-state index in [1.807, 2.05) is 42.5 Å². The van der Waals surface area contributed by atoms with Crippen molar-refractivity contribution in [3.8, 4) is 11.8 Å². The van der Waals surface area contributed by atoms with E-state index in [0.717, 1.165) is 35.6 Å². The third kappa shape index (κ3) is 4.41. The van der Waals surface area contributed by atoms with Crippen molar-refractivity contribution in [2.75, 3.05) is 7.11 Å². The summed E-state index contributed by atoms with van der Waals surface area (Å²) in [7, 11) is 1.53. The Hall–Kier alpha value is -2.31. The molecule has 0 bridgehead atoms. The molecule has 3 heteroatoms. The Morgan fingerprint density at radius 2 is 1.92 bits per heavy atom. The van der Waals surface area contributed by atoms with Gasteiger partial charge in [-0.15, -0.1) is 5.92 Å². The summed E-state index contributed by atoms with van der Waals surface area (Å²) in [6.45, 7) is 5.61. The van der Waals surface area contributed by atoms with E-state index < -0.39 is 17.7 Å². The van der Waals surface area contributed by atoms with Crippen LogP contribution >= 0.6 is 0 Å². The van der Waals surface area contributed by atoms with Crippen molar-refractivity contribution < 1.29 is 14.3 Å². The molecule has 0 saturated carbocycles. The maximum atomic E-state index is 12.9. The fourth-order valence-corrected chi connectivity index (χ4v) is 2.76. The summed E-state index contributed by atoms with van der Waals surface area (Å²) < 4.78 is 11.3. The van der Waals surface area contributed by atoms with Crippen molar-refractivity contribution in [1.29, 1.82) is 0 Å². The van der Waals surface area contributed by atoms with Crippen LogP contribution in [0.25, 0.3) is 10.8 Å². The molecule has 2 rings (SSSR count). The molecule has 25 heavy (non-hydrogen) atoms. The lowest BCUT2D eigenvalue weighted by molar-refractivity contribution is -0.171. The van der Waals surface area contributed by atoms with Gasteiger partial charge in [0.25, 0.3) is 0 Å². The summed E-state index contributed by atoms with van der Waals surface area (Å²) in [5.41, 5.74) is -0.387. The molecule has 0 amide bonds. The van der Waals surface area contributed by atoms with Crippen LogP contribution in [-0.4, -0.2) is 19.2 Å². The number of carbonyl (C=O) groups excluding carboxylic acids is 1. The summed E-state index contributed by atoms with van der Waals surface area (Å²) in [5.74, 6) is 5.42. The largest absolute Gasteiger partial charge is 0.447 e. The number of benzene rings is 2. The fraction of sp³-hybridized carbons (Fsp3) is 0.409. The third-order valence-electron chi connectivity index (χ3n) is 4.47. The molecular weight excluding hydrogens is 312 g/mol. The monoisotopic (exact) mass is 338 g/mol. The molecule has 0 unspecified atom stereocenters. The van der Waals surface area contributed by atoms with Gasteiger partial charge < -0.3 is 9.47 Å². The van der Waals surface area contributed by atoms with E-state index in [4.69, 9.17) is 9.47 Å². The number of rotatable bonds is 7. The molecule has 0 radical (unpaired) electrons. The summed E-state index contributed by atoms with van der Waals surface area (Å²) in [4.78, 5) is 12.9. The number of unbranched alkanes of at least 4 members (excludes halogenated alkanes) is 1. The van der Waals surface area contributed by atoms with Crippen LogP contribution in [0.1, 0.15) is 45.6 Å². The summed E-state index contributed by atoms with van der Waals surface area (Å²) in [6.07, 6.45) is 2.34. The Morgan fingerprint density at radius 3 is 2.56 bits per heavy atom. The molecule has 0 fully saturated rings. The van der Waals surface area contributed by atoms with Crippen molar-refractivity contribution in [3.05, 3.63) is 48.0 Å². The number of fused-ring (bicyclic) bond motifs is 1. The van der Waals surface area contributed by atoms with E-state index in [-0.39, 0.29) is 0 Å². The molecule has 0 aromatic heterocycles. The number of hydrogen-bond donors (Lipinski definition) is 0. The molecule has 3 nitrogen and oxygen atoms in total. The van der Waals surface area contributed by atoms with Gasteiger partial charge in [-0.3, -0.25) is 0 Å². The second-order valence-corrected chi connectivity index (χ2v) is 6.23. The van der Waals surface area contributed by atoms with Gasteiger partial charge in [-0.25, -0.2) is 4.79 Å². The molecule has 0 aliphatic carbocycles. The standard InChI is InChI=1S/C22H26O3/c1-5-7-13-20(10-6-2)25-21(23)22(3,24-4)19-15-14-17-11-8-9-12-18(17)16-19/h8-9,11-12,14-16,20H,5,7,13H2,1-4H3/t20-,22-/m0/s1. The highest BCUT2D eigenvalue weighted by Crippen LogP contribution is 2.30. The lowest BCUT2D eigenvalue weighted by atomic mass is 9.93. The zero-order chi connectivity index (χ0) is 18.3. The third-order valence-corrected chi connectivity index (χ3v) is 4.47. The van der Waals surface area contributed by atoms with Crippen LogP contribution in [-0.2, 0) is 19.9 Å². The van der Waals surface area contributed by atoms with E-state index >= 15 is 0 Å². The van der Waals surface area contributed by atoms with Gasteiger partial charge >= 0.3 is 5.97 Å². The van der Waals surface area contributed by atoms with Crippen LogP contribution in [0.3, 0.4) is 0 Å². The molecule has 0 saturated heterocycles. The summed E-state index contributed by atoms with van der Waals surface area (Å²) in [5, 5.41) is 2.18. The predicted octanol–water partition coefficient (Wildman–Crippen LogP) is 4.83. The Balaban J connectivity index is 2.29. The second kappa shape index (κ2) is 8.69. The van der Waals surface area contributed by atoms with Gasteiger partial charge in [-0.1, -0.05) is 55.7 Å². The maximum Gasteiger partial charge on any atom is 0.344 e. The van der Waals surface area contributed by atoms with Gasteiger partial charge in [0.1, 0.15) is 0 Å². The maximum absolute atomic E-state index is 12.9. The fourth-order valence-electron chi connectivity index (χ4n) is 2.76. The lowest BCUT2D eigenvalue weighted by Crippen LogP contribution is -2.38. The minimum atomic E-state index is -1.16. The number of methoxy groups -OCH3 is 1. The highest BCUT2D eigenvalue weighted by atomic mass is 16.6. The highest BCUT2D eigenvalue weighted by molar-refractivity contribution is 5.87. The average molecular weight is 338 g/mol. The Labute approximate surface area is 150 Å². The normalized spacial score (nSPS) is 14.2. The molecule has 0 aliphatic heterocycles. The summed E-state index contributed by atoms with van der Waals surface area (Å²) >= 11 is 0. The van der Waals surface area contributed by atoms with Gasteiger partial charge in [0.05, 0.1) is 0 Å². The SMILES string of the molecule is CC#C[C@@H](CCCC)OC(=O)[C@@](C)(OC)c1ccc2ccccc2c1. The Bertz CT molecular complexity index is 784. The smallest absolute Gasteiger partial charge is 0.344 e. The molecule has 2 aromatic rings. The van der Waals surface area contributed by atoms with Gasteiger partial charge in [0, 0.05) is 7.11 Å². The lowest BCUT2D eigenvalue weighted by Gasteiger charge is -2.28. The molecule has 132 valence electrons. The summed E-state index contributed by atoms with van der Waals surface area (Å²) in [6, 6.07) is 13.9. The van der Waals surface area contributed by atoms with Crippen LogP contribution < -0.4 is 0 Å². The molecular formula is C22H26O3. The minimum absolute atomic E-state index is 0.396. The number of hydrogen-bond acceptors (Lipinski definition) is 3. The van der Waals surface area contributed by atoms with Crippen molar-refractivity contribution in [1.82, 2.24) is 0 Å². The van der Waals surface area contributed by atoms with E-state index in [1.165, 1.54) is 7.11 Å². The first-order valence-electron chi connectivity index (χ1n) is 8.73. The predicted molar refractivity (Wildman–Crippen MR) is 101 cm³/mol. The first kappa shape index (κ1) is 19.0. The molecule has 0 heterocycles. The van der Waals surface area contributed by atoms with Crippen molar-refractivity contribution >= 4 is 16.7 Å². The van der Waals surface area contributed by atoms with E-state index in [0.29, 0.717) is 0 Å². The minimum Gasteiger partial charge on any atom is -0.447 e. The van der Waals surface area contributed by atoms with Gasteiger partial charge in [0.15, 0.2) is 11.7 Å². The topological polar surface area (TPSA) is 35.5 Å². The van der Waals surface area contributed by atoms with Crippen LogP contribution in [0.2, 0.25) is 0 Å². The zero-order valence-electron chi connectivity index (χ0n) is 15.5. The zero-order valence-corrected chi connectivity index (χ0v) is 15.5. The van der Waals surface area contributed by atoms with Crippen LogP contribution in [0, 0.1) is 11.8 Å². The Kier molecular flexibility index (Phi) is 6.61. The average Bonchev–Trinajstić information content (AvgIpc) is 2.65. The van der Waals surface area contributed by atoms with Crippen molar-refractivity contribution in [2.45, 2.75) is 51.7 Å². The van der Waals surface area contributed by atoms with Crippen LogP contribution in [0.15, 0.2) is 42.5 Å². The van der Waals surface area contributed by atoms with E-state index in [2.05, 4.69) is 18.8 Å². The van der Waals surface area contributed by atoms with Crippen molar-refractivity contribution in [3.63, 3.8) is 0 Å². The van der Waals surface area contributed by atoms with Gasteiger partial charge in [-0.2, -0.15) is 0 Å². The first-order valence-corrected chi connectivity index (χ1v) is 8.73. The van der Waals surface area contributed by atoms with Crippen LogP contribution in [0.4, 0.5) is 0 Å². The molecule has 0 aliphatic rings. The molecule has 0 spiro atoms. The van der Waals surface area contributed by atoms with E-state index in [1.54, 1.807) is 13.8 Å². The number of ether oxygens (including phenoxy) is 2.